The predicted molar refractivity (Wildman–Crippen MR) is 104 cm³/mol. The van der Waals surface area contributed by atoms with Crippen LogP contribution in [-0.2, 0) is 0 Å². The highest BCUT2D eigenvalue weighted by Gasteiger charge is 2.26. The number of halogens is 2. The summed E-state index contributed by atoms with van der Waals surface area (Å²) < 4.78 is 26.7. The van der Waals surface area contributed by atoms with E-state index in [1.807, 2.05) is 24.3 Å². The van der Waals surface area contributed by atoms with Crippen LogP contribution in [0.4, 0.5) is 8.78 Å². The molecule has 5 heteroatoms. The molecule has 1 atom stereocenters. The predicted octanol–water partition coefficient (Wildman–Crippen LogP) is 5.05. The Morgan fingerprint density at radius 1 is 0.964 bits per heavy atom. The fraction of sp³-hybridized carbons (Fsp3) is 0.217. The number of carbonyl (C=O) groups is 1. The molecule has 3 nitrogen and oxygen atoms in total. The molecule has 1 saturated heterocycles. The normalized spacial score (nSPS) is 16.8. The van der Waals surface area contributed by atoms with Gasteiger partial charge < -0.3 is 4.90 Å². The lowest BCUT2D eigenvalue weighted by molar-refractivity contribution is 0.0706. The van der Waals surface area contributed by atoms with E-state index in [9.17, 15) is 13.6 Å². The first-order valence-electron chi connectivity index (χ1n) is 9.38. The molecule has 0 saturated carbocycles. The van der Waals surface area contributed by atoms with Gasteiger partial charge in [0.25, 0.3) is 5.91 Å². The summed E-state index contributed by atoms with van der Waals surface area (Å²) in [6.07, 6.45) is 1.82. The Balaban J connectivity index is 1.54. The molecule has 0 aliphatic carbocycles. The minimum atomic E-state index is -0.355. The van der Waals surface area contributed by atoms with Crippen molar-refractivity contribution >= 4 is 5.91 Å². The van der Waals surface area contributed by atoms with Crippen LogP contribution >= 0.6 is 0 Å². The topological polar surface area (TPSA) is 33.2 Å². The lowest BCUT2D eigenvalue weighted by Gasteiger charge is -2.32. The lowest BCUT2D eigenvalue weighted by atomic mass is 9.93. The number of aromatic nitrogens is 1. The highest BCUT2D eigenvalue weighted by molar-refractivity contribution is 5.94. The molecule has 0 radical (unpaired) electrons. The Morgan fingerprint density at radius 2 is 1.75 bits per heavy atom. The second-order valence-corrected chi connectivity index (χ2v) is 7.06. The number of pyridine rings is 1. The van der Waals surface area contributed by atoms with E-state index in [2.05, 4.69) is 0 Å². The molecule has 4 rings (SSSR count). The van der Waals surface area contributed by atoms with Gasteiger partial charge >= 0.3 is 0 Å². The molecule has 0 spiro atoms. The van der Waals surface area contributed by atoms with Crippen LogP contribution < -0.4 is 0 Å². The number of hydrogen-bond acceptors (Lipinski definition) is 2. The zero-order valence-electron chi connectivity index (χ0n) is 15.3. The number of amides is 1. The fourth-order valence-electron chi connectivity index (χ4n) is 3.67. The largest absolute Gasteiger partial charge is 0.338 e. The molecule has 0 unspecified atom stereocenters. The van der Waals surface area contributed by atoms with Crippen molar-refractivity contribution in [3.8, 4) is 11.3 Å². The van der Waals surface area contributed by atoms with Crippen LogP contribution in [0.15, 0.2) is 66.7 Å². The van der Waals surface area contributed by atoms with Crippen molar-refractivity contribution in [1.29, 1.82) is 0 Å². The second-order valence-electron chi connectivity index (χ2n) is 7.06. The van der Waals surface area contributed by atoms with Crippen molar-refractivity contribution in [2.24, 2.45) is 0 Å². The molecule has 142 valence electrons. The van der Waals surface area contributed by atoms with Crippen LogP contribution in [-0.4, -0.2) is 28.9 Å². The standard InChI is InChI=1S/C23H20F2N2O/c24-19-11-9-16(10-12-19)23(28)27-13-3-5-18(15-27)22-8-2-7-21(26-22)17-4-1-6-20(25)14-17/h1-2,4,6-12,14,18H,3,5,13,15H2/t18-/m0/s1. The van der Waals surface area contributed by atoms with Crippen molar-refractivity contribution in [3.63, 3.8) is 0 Å². The van der Waals surface area contributed by atoms with Crippen molar-refractivity contribution in [2.75, 3.05) is 13.1 Å². The highest BCUT2D eigenvalue weighted by Crippen LogP contribution is 2.28. The number of likely N-dealkylation sites (tertiary alicyclic amines) is 1. The van der Waals surface area contributed by atoms with E-state index in [4.69, 9.17) is 4.98 Å². The number of benzene rings is 2. The first-order chi connectivity index (χ1) is 13.6. The van der Waals surface area contributed by atoms with Crippen LogP contribution in [0.25, 0.3) is 11.3 Å². The Kier molecular flexibility index (Phi) is 5.15. The number of nitrogens with zero attached hydrogens (tertiary/aromatic N) is 2. The first kappa shape index (κ1) is 18.3. The summed E-state index contributed by atoms with van der Waals surface area (Å²) in [5.41, 5.74) is 2.85. The average Bonchev–Trinajstić information content (AvgIpc) is 2.74. The molecule has 1 fully saturated rings. The van der Waals surface area contributed by atoms with Gasteiger partial charge in [-0.1, -0.05) is 18.2 Å². The van der Waals surface area contributed by atoms with Crippen LogP contribution in [0.5, 0.6) is 0 Å². The average molecular weight is 378 g/mol. The summed E-state index contributed by atoms with van der Waals surface area (Å²) in [6, 6.07) is 17.8. The molecule has 3 aromatic rings. The number of hydrogen-bond donors (Lipinski definition) is 0. The van der Waals surface area contributed by atoms with Crippen LogP contribution in [0.3, 0.4) is 0 Å². The van der Waals surface area contributed by atoms with Crippen LogP contribution in [0.1, 0.15) is 34.8 Å². The van der Waals surface area contributed by atoms with Crippen molar-refractivity contribution in [2.45, 2.75) is 18.8 Å². The third kappa shape index (κ3) is 3.93. The fourth-order valence-corrected chi connectivity index (χ4v) is 3.67. The zero-order chi connectivity index (χ0) is 19.5. The van der Waals surface area contributed by atoms with Crippen LogP contribution in [0.2, 0.25) is 0 Å². The van der Waals surface area contributed by atoms with Crippen molar-refractivity contribution in [3.05, 3.63) is 89.6 Å². The summed E-state index contributed by atoms with van der Waals surface area (Å²) >= 11 is 0. The maximum absolute atomic E-state index is 13.5. The number of piperidine rings is 1. The molecule has 2 aromatic carbocycles. The van der Waals surface area contributed by atoms with Gasteiger partial charge in [-0.15, -0.1) is 0 Å². The summed E-state index contributed by atoms with van der Waals surface area (Å²) in [4.78, 5) is 19.3. The second kappa shape index (κ2) is 7.89. The molecule has 1 aliphatic heterocycles. The van der Waals surface area contributed by atoms with Gasteiger partial charge in [0.1, 0.15) is 11.6 Å². The minimum Gasteiger partial charge on any atom is -0.338 e. The molecule has 28 heavy (non-hydrogen) atoms. The van der Waals surface area contributed by atoms with Gasteiger partial charge in [-0.3, -0.25) is 9.78 Å². The van der Waals surface area contributed by atoms with Gasteiger partial charge in [-0.25, -0.2) is 8.78 Å². The highest BCUT2D eigenvalue weighted by atomic mass is 19.1. The zero-order valence-corrected chi connectivity index (χ0v) is 15.3. The van der Waals surface area contributed by atoms with E-state index in [1.165, 1.54) is 36.4 Å². The summed E-state index contributed by atoms with van der Waals surface area (Å²) in [6.45, 7) is 1.24. The molecule has 2 heterocycles. The van der Waals surface area contributed by atoms with Gasteiger partial charge in [0, 0.05) is 35.8 Å². The maximum atomic E-state index is 13.5. The number of carbonyl (C=O) groups excluding carboxylic acids is 1. The molecule has 1 amide bonds. The Labute approximate surface area is 162 Å². The van der Waals surface area contributed by atoms with E-state index in [0.717, 1.165) is 29.8 Å². The Hall–Kier alpha value is -3.08. The van der Waals surface area contributed by atoms with Crippen molar-refractivity contribution < 1.29 is 13.6 Å². The number of rotatable bonds is 3. The molecular weight excluding hydrogens is 358 g/mol. The van der Waals surface area contributed by atoms with E-state index in [-0.39, 0.29) is 23.5 Å². The van der Waals surface area contributed by atoms with Gasteiger partial charge in [-0.2, -0.15) is 0 Å². The monoisotopic (exact) mass is 378 g/mol. The molecular formula is C23H20F2N2O. The quantitative estimate of drug-likeness (QED) is 0.639. The Bertz CT molecular complexity index is 988. The summed E-state index contributed by atoms with van der Waals surface area (Å²) in [7, 11) is 0. The third-order valence-electron chi connectivity index (χ3n) is 5.11. The third-order valence-corrected chi connectivity index (χ3v) is 5.11. The van der Waals surface area contributed by atoms with E-state index in [0.29, 0.717) is 18.7 Å². The smallest absolute Gasteiger partial charge is 0.253 e. The van der Waals surface area contributed by atoms with Gasteiger partial charge in [0.05, 0.1) is 5.69 Å². The molecule has 1 aromatic heterocycles. The van der Waals surface area contributed by atoms with E-state index < -0.39 is 0 Å². The van der Waals surface area contributed by atoms with Crippen LogP contribution in [0, 0.1) is 11.6 Å². The summed E-state index contributed by atoms with van der Waals surface area (Å²) in [5, 5.41) is 0. The van der Waals surface area contributed by atoms with Gasteiger partial charge in [-0.05, 0) is 61.4 Å². The maximum Gasteiger partial charge on any atom is 0.253 e. The Morgan fingerprint density at radius 3 is 2.54 bits per heavy atom. The SMILES string of the molecule is O=C(c1ccc(F)cc1)N1CCC[C@H](c2cccc(-c3cccc(F)c3)n2)C1. The molecule has 1 aliphatic rings. The van der Waals surface area contributed by atoms with E-state index >= 15 is 0 Å². The lowest BCUT2D eigenvalue weighted by Crippen LogP contribution is -2.39. The first-order valence-corrected chi connectivity index (χ1v) is 9.38. The molecule has 0 N–H and O–H groups in total. The molecule has 0 bridgehead atoms. The van der Waals surface area contributed by atoms with Crippen molar-refractivity contribution in [1.82, 2.24) is 9.88 Å². The minimum absolute atomic E-state index is 0.0917. The van der Waals surface area contributed by atoms with Gasteiger partial charge in [0.15, 0.2) is 0 Å². The van der Waals surface area contributed by atoms with E-state index in [1.54, 1.807) is 11.0 Å². The summed E-state index contributed by atoms with van der Waals surface area (Å²) in [5.74, 6) is -0.623. The van der Waals surface area contributed by atoms with Gasteiger partial charge in [0.2, 0.25) is 0 Å².